The van der Waals surface area contributed by atoms with Crippen molar-refractivity contribution in [1.29, 1.82) is 0 Å². The first-order valence-electron chi connectivity index (χ1n) is 6.25. The van der Waals surface area contributed by atoms with Gasteiger partial charge in [0.15, 0.2) is 0 Å². The quantitative estimate of drug-likeness (QED) is 0.705. The standard InChI is InChI=1S/C16H10BrClN2O/c17-12-7-6-10(9-13(12)18)16(21)20-15-5-1-4-14-11(15)3-2-8-19-14/h1-9H,(H,20,21). The van der Waals surface area contributed by atoms with E-state index in [1.54, 1.807) is 24.4 Å². The fourth-order valence-corrected chi connectivity index (χ4v) is 2.47. The summed E-state index contributed by atoms with van der Waals surface area (Å²) in [7, 11) is 0. The average Bonchev–Trinajstić information content (AvgIpc) is 2.50. The van der Waals surface area contributed by atoms with Crippen LogP contribution in [0.3, 0.4) is 0 Å². The lowest BCUT2D eigenvalue weighted by atomic mass is 10.1. The fraction of sp³-hybridized carbons (Fsp3) is 0. The van der Waals surface area contributed by atoms with Crippen molar-refractivity contribution in [2.45, 2.75) is 0 Å². The molecule has 3 aromatic rings. The highest BCUT2D eigenvalue weighted by Gasteiger charge is 2.10. The first kappa shape index (κ1) is 14.0. The minimum atomic E-state index is -0.208. The molecule has 0 aliphatic rings. The summed E-state index contributed by atoms with van der Waals surface area (Å²) < 4.78 is 0.759. The van der Waals surface area contributed by atoms with Crippen LogP contribution in [0.15, 0.2) is 59.2 Å². The number of fused-ring (bicyclic) bond motifs is 1. The number of rotatable bonds is 2. The number of nitrogens with zero attached hydrogens (tertiary/aromatic N) is 1. The third-order valence-corrected chi connectivity index (χ3v) is 4.31. The largest absolute Gasteiger partial charge is 0.321 e. The van der Waals surface area contributed by atoms with Gasteiger partial charge in [0.05, 0.1) is 16.2 Å². The Kier molecular flexibility index (Phi) is 3.90. The van der Waals surface area contributed by atoms with Gasteiger partial charge >= 0.3 is 0 Å². The predicted molar refractivity (Wildman–Crippen MR) is 88.8 cm³/mol. The zero-order valence-corrected chi connectivity index (χ0v) is 13.1. The maximum absolute atomic E-state index is 12.3. The fourth-order valence-electron chi connectivity index (χ4n) is 2.04. The Morgan fingerprint density at radius 2 is 2.00 bits per heavy atom. The lowest BCUT2D eigenvalue weighted by Crippen LogP contribution is -2.12. The lowest BCUT2D eigenvalue weighted by molar-refractivity contribution is 0.102. The molecular formula is C16H10BrClN2O. The average molecular weight is 362 g/mol. The molecule has 0 saturated heterocycles. The van der Waals surface area contributed by atoms with Gasteiger partial charge in [-0.3, -0.25) is 9.78 Å². The Morgan fingerprint density at radius 1 is 1.14 bits per heavy atom. The number of hydrogen-bond donors (Lipinski definition) is 1. The first-order valence-corrected chi connectivity index (χ1v) is 7.42. The second-order valence-corrected chi connectivity index (χ2v) is 5.72. The van der Waals surface area contributed by atoms with Crippen molar-refractivity contribution < 1.29 is 4.79 Å². The van der Waals surface area contributed by atoms with Crippen molar-refractivity contribution in [3.05, 3.63) is 69.8 Å². The molecule has 0 fully saturated rings. The third kappa shape index (κ3) is 2.91. The number of amides is 1. The van der Waals surface area contributed by atoms with Crippen molar-refractivity contribution in [2.24, 2.45) is 0 Å². The predicted octanol–water partition coefficient (Wildman–Crippen LogP) is 4.90. The van der Waals surface area contributed by atoms with Gasteiger partial charge in [0.2, 0.25) is 0 Å². The molecule has 21 heavy (non-hydrogen) atoms. The van der Waals surface area contributed by atoms with E-state index in [2.05, 4.69) is 26.2 Å². The van der Waals surface area contributed by atoms with Gasteiger partial charge in [-0.25, -0.2) is 0 Å². The van der Waals surface area contributed by atoms with Crippen molar-refractivity contribution in [3.63, 3.8) is 0 Å². The van der Waals surface area contributed by atoms with Crippen LogP contribution in [-0.2, 0) is 0 Å². The molecule has 0 spiro atoms. The highest BCUT2D eigenvalue weighted by Crippen LogP contribution is 2.25. The topological polar surface area (TPSA) is 42.0 Å². The van der Waals surface area contributed by atoms with E-state index in [0.29, 0.717) is 10.6 Å². The SMILES string of the molecule is O=C(Nc1cccc2ncccc12)c1ccc(Br)c(Cl)c1. The molecule has 2 aromatic carbocycles. The Bertz CT molecular complexity index is 830. The molecule has 0 atom stereocenters. The van der Waals surface area contributed by atoms with E-state index in [1.807, 2.05) is 30.3 Å². The number of carbonyl (C=O) groups is 1. The van der Waals surface area contributed by atoms with Gasteiger partial charge in [0.1, 0.15) is 0 Å². The summed E-state index contributed by atoms with van der Waals surface area (Å²) in [5.74, 6) is -0.208. The van der Waals surface area contributed by atoms with Crippen molar-refractivity contribution in [3.8, 4) is 0 Å². The Morgan fingerprint density at radius 3 is 2.81 bits per heavy atom. The van der Waals surface area contributed by atoms with Gasteiger partial charge in [0.25, 0.3) is 5.91 Å². The summed E-state index contributed by atoms with van der Waals surface area (Å²) in [5, 5.41) is 4.30. The number of nitrogens with one attached hydrogen (secondary N) is 1. The molecule has 0 aliphatic heterocycles. The molecule has 1 heterocycles. The van der Waals surface area contributed by atoms with E-state index in [-0.39, 0.29) is 5.91 Å². The van der Waals surface area contributed by atoms with Crippen LogP contribution in [0.1, 0.15) is 10.4 Å². The van der Waals surface area contributed by atoms with Gasteiger partial charge in [-0.2, -0.15) is 0 Å². The zero-order chi connectivity index (χ0) is 14.8. The molecule has 1 N–H and O–H groups in total. The zero-order valence-electron chi connectivity index (χ0n) is 10.8. The molecule has 3 nitrogen and oxygen atoms in total. The van der Waals surface area contributed by atoms with Crippen LogP contribution in [0.4, 0.5) is 5.69 Å². The van der Waals surface area contributed by atoms with E-state index >= 15 is 0 Å². The molecule has 0 bridgehead atoms. The molecule has 5 heteroatoms. The molecule has 1 amide bonds. The number of halogens is 2. The van der Waals surface area contributed by atoms with E-state index in [9.17, 15) is 4.79 Å². The molecule has 0 radical (unpaired) electrons. The number of benzene rings is 2. The second kappa shape index (κ2) is 5.84. The molecule has 104 valence electrons. The maximum atomic E-state index is 12.3. The Hall–Kier alpha value is -1.91. The monoisotopic (exact) mass is 360 g/mol. The highest BCUT2D eigenvalue weighted by atomic mass is 79.9. The minimum Gasteiger partial charge on any atom is -0.321 e. The minimum absolute atomic E-state index is 0.208. The van der Waals surface area contributed by atoms with Crippen LogP contribution < -0.4 is 5.32 Å². The van der Waals surface area contributed by atoms with Gasteiger partial charge in [0, 0.05) is 21.6 Å². The molecule has 0 unspecified atom stereocenters. The number of pyridine rings is 1. The number of hydrogen-bond acceptors (Lipinski definition) is 2. The van der Waals surface area contributed by atoms with Gasteiger partial charge in [-0.05, 0) is 58.4 Å². The molecule has 0 saturated carbocycles. The molecule has 3 rings (SSSR count). The summed E-state index contributed by atoms with van der Waals surface area (Å²) in [4.78, 5) is 16.6. The first-order chi connectivity index (χ1) is 10.1. The van der Waals surface area contributed by atoms with E-state index < -0.39 is 0 Å². The molecular weight excluding hydrogens is 352 g/mol. The van der Waals surface area contributed by atoms with Crippen molar-refractivity contribution in [2.75, 3.05) is 5.32 Å². The molecule has 0 aliphatic carbocycles. The normalized spacial score (nSPS) is 10.6. The smallest absolute Gasteiger partial charge is 0.255 e. The van der Waals surface area contributed by atoms with Gasteiger partial charge < -0.3 is 5.32 Å². The van der Waals surface area contributed by atoms with E-state index in [1.165, 1.54) is 0 Å². The Balaban J connectivity index is 1.94. The van der Waals surface area contributed by atoms with E-state index in [4.69, 9.17) is 11.6 Å². The summed E-state index contributed by atoms with van der Waals surface area (Å²) in [6.45, 7) is 0. The number of anilines is 1. The van der Waals surface area contributed by atoms with Gasteiger partial charge in [-0.15, -0.1) is 0 Å². The number of aromatic nitrogens is 1. The lowest BCUT2D eigenvalue weighted by Gasteiger charge is -2.09. The van der Waals surface area contributed by atoms with Crippen molar-refractivity contribution in [1.82, 2.24) is 4.98 Å². The number of carbonyl (C=O) groups excluding carboxylic acids is 1. The highest BCUT2D eigenvalue weighted by molar-refractivity contribution is 9.10. The van der Waals surface area contributed by atoms with Crippen LogP contribution in [0.25, 0.3) is 10.9 Å². The van der Waals surface area contributed by atoms with Gasteiger partial charge in [-0.1, -0.05) is 17.7 Å². The van der Waals surface area contributed by atoms with Crippen LogP contribution in [0.2, 0.25) is 5.02 Å². The van der Waals surface area contributed by atoms with Crippen LogP contribution >= 0.6 is 27.5 Å². The third-order valence-electron chi connectivity index (χ3n) is 3.08. The summed E-state index contributed by atoms with van der Waals surface area (Å²) in [6, 6.07) is 14.5. The maximum Gasteiger partial charge on any atom is 0.255 e. The summed E-state index contributed by atoms with van der Waals surface area (Å²) >= 11 is 9.33. The Labute approximate surface area is 135 Å². The van der Waals surface area contributed by atoms with E-state index in [0.717, 1.165) is 21.1 Å². The van der Waals surface area contributed by atoms with Crippen LogP contribution in [0, 0.1) is 0 Å². The summed E-state index contributed by atoms with van der Waals surface area (Å²) in [6.07, 6.45) is 1.72. The van der Waals surface area contributed by atoms with Crippen molar-refractivity contribution >= 4 is 50.0 Å². The molecule has 1 aromatic heterocycles. The van der Waals surface area contributed by atoms with Crippen LogP contribution in [-0.4, -0.2) is 10.9 Å². The second-order valence-electron chi connectivity index (χ2n) is 4.46. The van der Waals surface area contributed by atoms with Crippen LogP contribution in [0.5, 0.6) is 0 Å². The summed E-state index contributed by atoms with van der Waals surface area (Å²) in [5.41, 5.74) is 2.07.